The van der Waals surface area contributed by atoms with Gasteiger partial charge in [0, 0.05) is 11.3 Å². The second-order valence-electron chi connectivity index (χ2n) is 3.79. The number of hydrogen-bond acceptors (Lipinski definition) is 4. The summed E-state index contributed by atoms with van der Waals surface area (Å²) >= 11 is 0. The van der Waals surface area contributed by atoms with Crippen LogP contribution in [0.2, 0.25) is 0 Å². The maximum Gasteiger partial charge on any atom is 0.261 e. The van der Waals surface area contributed by atoms with Gasteiger partial charge in [-0.05, 0) is 19.1 Å². The molecule has 0 fully saturated rings. The lowest BCUT2D eigenvalue weighted by atomic mass is 10.1. The number of ketones is 1. The highest BCUT2D eigenvalue weighted by atomic mass is 16.1. The van der Waals surface area contributed by atoms with Gasteiger partial charge in [-0.25, -0.2) is 0 Å². The number of benzene rings is 1. The van der Waals surface area contributed by atoms with Crippen LogP contribution in [0.1, 0.15) is 27.6 Å². The number of hydrogen-bond donors (Lipinski definition) is 3. The molecule has 1 amide bonds. The number of Topliss-reactive ketones (excluding diaryl/α,β-unsaturated/α-hetero) is 1. The predicted octanol–water partition coefficient (Wildman–Crippen LogP) is 1.45. The number of nitrogens with zero attached hydrogens (tertiary/aromatic N) is 1. The fraction of sp³-hybridized carbons (Fsp3) is 0.0833. The van der Waals surface area contributed by atoms with Gasteiger partial charge in [0.25, 0.3) is 5.91 Å². The van der Waals surface area contributed by atoms with E-state index in [-0.39, 0.29) is 23.1 Å². The molecule has 0 aliphatic rings. The predicted molar refractivity (Wildman–Crippen MR) is 67.4 cm³/mol. The Bertz CT molecular complexity index is 604. The third kappa shape index (κ3) is 2.37. The van der Waals surface area contributed by atoms with Crippen LogP contribution in [-0.4, -0.2) is 21.9 Å². The maximum atomic E-state index is 11.8. The zero-order valence-corrected chi connectivity index (χ0v) is 9.73. The molecule has 0 aliphatic carbocycles. The van der Waals surface area contributed by atoms with E-state index in [0.717, 1.165) is 0 Å². The summed E-state index contributed by atoms with van der Waals surface area (Å²) in [5.74, 6) is -0.230. The van der Waals surface area contributed by atoms with Crippen molar-refractivity contribution in [2.45, 2.75) is 6.92 Å². The lowest BCUT2D eigenvalue weighted by molar-refractivity contribution is 0.101. The normalized spacial score (nSPS) is 10.1. The lowest BCUT2D eigenvalue weighted by Gasteiger charge is -2.05. The number of aromatic amines is 1. The highest BCUT2D eigenvalue weighted by molar-refractivity contribution is 6.07. The van der Waals surface area contributed by atoms with Crippen molar-refractivity contribution >= 4 is 23.2 Å². The first-order chi connectivity index (χ1) is 8.58. The molecule has 0 aliphatic heterocycles. The molecular formula is C12H12N4O2. The molecule has 1 aromatic heterocycles. The van der Waals surface area contributed by atoms with Crippen LogP contribution in [0, 0.1) is 0 Å². The summed E-state index contributed by atoms with van der Waals surface area (Å²) in [7, 11) is 0. The molecule has 18 heavy (non-hydrogen) atoms. The molecule has 0 atom stereocenters. The number of aromatic nitrogens is 2. The molecule has 0 radical (unpaired) electrons. The largest absolute Gasteiger partial charge is 0.383 e. The molecule has 6 heteroatoms. The minimum atomic E-state index is -0.373. The average molecular weight is 244 g/mol. The summed E-state index contributed by atoms with van der Waals surface area (Å²) in [6, 6.07) is 6.69. The van der Waals surface area contributed by atoms with Crippen LogP contribution in [0.4, 0.5) is 11.5 Å². The summed E-state index contributed by atoms with van der Waals surface area (Å²) < 4.78 is 0. The average Bonchev–Trinajstić information content (AvgIpc) is 2.76. The van der Waals surface area contributed by atoms with Crippen molar-refractivity contribution < 1.29 is 9.59 Å². The van der Waals surface area contributed by atoms with Crippen LogP contribution in [0.25, 0.3) is 0 Å². The van der Waals surface area contributed by atoms with Gasteiger partial charge in [-0.3, -0.25) is 14.7 Å². The Labute approximate surface area is 103 Å². The molecule has 0 saturated carbocycles. The summed E-state index contributed by atoms with van der Waals surface area (Å²) in [6.45, 7) is 1.47. The third-order valence-corrected chi connectivity index (χ3v) is 2.44. The van der Waals surface area contributed by atoms with E-state index in [0.29, 0.717) is 11.3 Å². The number of rotatable bonds is 3. The van der Waals surface area contributed by atoms with E-state index in [1.165, 1.54) is 13.1 Å². The summed E-state index contributed by atoms with van der Waals surface area (Å²) in [5, 5.41) is 8.79. The van der Waals surface area contributed by atoms with Gasteiger partial charge in [-0.2, -0.15) is 5.10 Å². The van der Waals surface area contributed by atoms with Crippen molar-refractivity contribution in [3.05, 3.63) is 41.6 Å². The SMILES string of the molecule is CC(=O)c1cccc(NC(=O)c2cn[nH]c2N)c1. The third-order valence-electron chi connectivity index (χ3n) is 2.44. The number of carbonyl (C=O) groups excluding carboxylic acids is 2. The number of carbonyl (C=O) groups is 2. The number of nitrogens with two attached hydrogens (primary N) is 1. The van der Waals surface area contributed by atoms with Gasteiger partial charge in [-0.15, -0.1) is 0 Å². The summed E-state index contributed by atoms with van der Waals surface area (Å²) in [4.78, 5) is 23.1. The van der Waals surface area contributed by atoms with E-state index < -0.39 is 0 Å². The second-order valence-corrected chi connectivity index (χ2v) is 3.79. The van der Waals surface area contributed by atoms with Crippen LogP contribution in [-0.2, 0) is 0 Å². The number of nitrogens with one attached hydrogen (secondary N) is 2. The molecule has 0 spiro atoms. The Kier molecular flexibility index (Phi) is 3.09. The van der Waals surface area contributed by atoms with E-state index >= 15 is 0 Å². The number of anilines is 2. The van der Waals surface area contributed by atoms with Crippen molar-refractivity contribution in [3.63, 3.8) is 0 Å². The van der Waals surface area contributed by atoms with E-state index in [4.69, 9.17) is 5.73 Å². The zero-order valence-electron chi connectivity index (χ0n) is 9.73. The van der Waals surface area contributed by atoms with Crippen molar-refractivity contribution in [1.29, 1.82) is 0 Å². The van der Waals surface area contributed by atoms with Gasteiger partial charge in [0.15, 0.2) is 5.78 Å². The smallest absolute Gasteiger partial charge is 0.261 e. The van der Waals surface area contributed by atoms with Crippen molar-refractivity contribution in [2.75, 3.05) is 11.1 Å². The van der Waals surface area contributed by atoms with Crippen molar-refractivity contribution in [2.24, 2.45) is 0 Å². The molecule has 92 valence electrons. The Morgan fingerprint density at radius 1 is 1.39 bits per heavy atom. The molecule has 1 aromatic carbocycles. The highest BCUT2D eigenvalue weighted by Gasteiger charge is 2.12. The standard InChI is InChI=1S/C12H12N4O2/c1-7(17)8-3-2-4-9(5-8)15-12(18)10-6-14-16-11(10)13/h2-6H,1H3,(H,15,18)(H3,13,14,16). The van der Waals surface area contributed by atoms with E-state index in [2.05, 4.69) is 15.5 Å². The van der Waals surface area contributed by atoms with Gasteiger partial charge >= 0.3 is 0 Å². The lowest BCUT2D eigenvalue weighted by Crippen LogP contribution is -2.13. The van der Waals surface area contributed by atoms with Gasteiger partial charge in [-0.1, -0.05) is 12.1 Å². The number of amides is 1. The van der Waals surface area contributed by atoms with E-state index in [9.17, 15) is 9.59 Å². The fourth-order valence-corrected chi connectivity index (χ4v) is 1.49. The highest BCUT2D eigenvalue weighted by Crippen LogP contribution is 2.14. The Hall–Kier alpha value is -2.63. The molecule has 0 saturated heterocycles. The van der Waals surface area contributed by atoms with Gasteiger partial charge in [0.2, 0.25) is 0 Å². The molecule has 2 rings (SSSR count). The second kappa shape index (κ2) is 4.70. The van der Waals surface area contributed by atoms with E-state index in [1.807, 2.05) is 0 Å². The topological polar surface area (TPSA) is 101 Å². The number of H-pyrrole nitrogens is 1. The van der Waals surface area contributed by atoms with Crippen molar-refractivity contribution in [1.82, 2.24) is 10.2 Å². The molecule has 0 bridgehead atoms. The van der Waals surface area contributed by atoms with Gasteiger partial charge in [0.1, 0.15) is 11.4 Å². The first-order valence-electron chi connectivity index (χ1n) is 5.29. The molecule has 1 heterocycles. The Morgan fingerprint density at radius 2 is 2.17 bits per heavy atom. The minimum absolute atomic E-state index is 0.0612. The fourth-order valence-electron chi connectivity index (χ4n) is 1.49. The number of nitrogen functional groups attached to an aromatic ring is 1. The monoisotopic (exact) mass is 244 g/mol. The summed E-state index contributed by atoms with van der Waals surface area (Å²) in [5.41, 5.74) is 6.88. The molecule has 4 N–H and O–H groups in total. The van der Waals surface area contributed by atoms with Crippen LogP contribution >= 0.6 is 0 Å². The zero-order chi connectivity index (χ0) is 13.1. The molecule has 0 unspecified atom stereocenters. The van der Waals surface area contributed by atoms with Gasteiger partial charge < -0.3 is 11.1 Å². The Balaban J connectivity index is 2.20. The maximum absolute atomic E-state index is 11.8. The minimum Gasteiger partial charge on any atom is -0.383 e. The van der Waals surface area contributed by atoms with Crippen LogP contribution < -0.4 is 11.1 Å². The van der Waals surface area contributed by atoms with E-state index in [1.54, 1.807) is 24.3 Å². The molecular weight excluding hydrogens is 232 g/mol. The summed E-state index contributed by atoms with van der Waals surface area (Å²) in [6.07, 6.45) is 1.35. The van der Waals surface area contributed by atoms with Crippen molar-refractivity contribution in [3.8, 4) is 0 Å². The Morgan fingerprint density at radius 3 is 2.78 bits per heavy atom. The van der Waals surface area contributed by atoms with Gasteiger partial charge in [0.05, 0.1) is 6.20 Å². The van der Waals surface area contributed by atoms with Crippen LogP contribution in [0.15, 0.2) is 30.5 Å². The molecule has 6 nitrogen and oxygen atoms in total. The quantitative estimate of drug-likeness (QED) is 0.711. The molecule has 2 aromatic rings. The first-order valence-corrected chi connectivity index (χ1v) is 5.29. The van der Waals surface area contributed by atoms with Crippen LogP contribution in [0.5, 0.6) is 0 Å². The first kappa shape index (κ1) is 11.8. The van der Waals surface area contributed by atoms with Crippen LogP contribution in [0.3, 0.4) is 0 Å².